The monoisotopic (exact) mass is 346 g/mol. The number of rotatable bonds is 6. The summed E-state index contributed by atoms with van der Waals surface area (Å²) in [4.78, 5) is 14.6. The zero-order chi connectivity index (χ0) is 17.8. The molecule has 1 amide bonds. The quantitative estimate of drug-likeness (QED) is 0.865. The molecule has 0 spiro atoms. The Morgan fingerprint density at radius 1 is 1.32 bits per heavy atom. The maximum atomic E-state index is 12.3. The first-order valence-electron chi connectivity index (χ1n) is 8.71. The molecule has 1 aliphatic rings. The predicted octanol–water partition coefficient (Wildman–Crippen LogP) is 1.92. The first-order chi connectivity index (χ1) is 12.0. The maximum Gasteiger partial charge on any atom is 0.254 e. The van der Waals surface area contributed by atoms with Crippen LogP contribution in [0.2, 0.25) is 0 Å². The molecule has 1 unspecified atom stereocenters. The van der Waals surface area contributed by atoms with Gasteiger partial charge in [0.2, 0.25) is 0 Å². The van der Waals surface area contributed by atoms with E-state index in [4.69, 9.17) is 9.15 Å². The van der Waals surface area contributed by atoms with E-state index < -0.39 is 0 Å². The molecule has 3 heterocycles. The van der Waals surface area contributed by atoms with Crippen LogP contribution >= 0.6 is 0 Å². The van der Waals surface area contributed by atoms with E-state index >= 15 is 0 Å². The molecule has 0 bridgehead atoms. The minimum absolute atomic E-state index is 0.0948. The number of nitrogens with one attached hydrogen (secondary N) is 1. The van der Waals surface area contributed by atoms with E-state index in [1.54, 1.807) is 0 Å². The molecular formula is C18H26N4O3. The Morgan fingerprint density at radius 3 is 2.76 bits per heavy atom. The fraction of sp³-hybridized carbons (Fsp3) is 0.556. The van der Waals surface area contributed by atoms with Gasteiger partial charge in [0.05, 0.1) is 37.1 Å². The fourth-order valence-corrected chi connectivity index (χ4v) is 3.08. The number of hydrogen-bond donors (Lipinski definition) is 1. The van der Waals surface area contributed by atoms with Crippen LogP contribution in [-0.4, -0.2) is 53.4 Å². The first kappa shape index (κ1) is 17.7. The first-order valence-corrected chi connectivity index (χ1v) is 8.71. The maximum absolute atomic E-state index is 12.3. The smallest absolute Gasteiger partial charge is 0.254 e. The molecule has 0 aliphatic carbocycles. The van der Waals surface area contributed by atoms with E-state index in [0.29, 0.717) is 18.7 Å². The number of aryl methyl sites for hydroxylation is 2. The fourth-order valence-electron chi connectivity index (χ4n) is 3.08. The summed E-state index contributed by atoms with van der Waals surface area (Å²) in [6.07, 6.45) is 1.53. The van der Waals surface area contributed by atoms with E-state index in [1.807, 2.05) is 37.6 Å². The van der Waals surface area contributed by atoms with Crippen molar-refractivity contribution in [2.24, 2.45) is 0 Å². The number of nitrogens with zero attached hydrogens (tertiary/aromatic N) is 3. The van der Waals surface area contributed by atoms with Crippen molar-refractivity contribution in [2.75, 3.05) is 32.8 Å². The van der Waals surface area contributed by atoms with E-state index in [2.05, 4.69) is 15.3 Å². The number of morpholine rings is 1. The van der Waals surface area contributed by atoms with Crippen LogP contribution in [0, 0.1) is 13.8 Å². The number of ether oxygens (including phenoxy) is 1. The average Bonchev–Trinajstić information content (AvgIpc) is 3.19. The largest absolute Gasteiger partial charge is 0.467 e. The number of hydrogen-bond acceptors (Lipinski definition) is 5. The van der Waals surface area contributed by atoms with Gasteiger partial charge in [-0.25, -0.2) is 0 Å². The molecule has 0 saturated carbocycles. The number of carbonyl (C=O) groups is 1. The molecule has 1 saturated heterocycles. The molecule has 2 aromatic heterocycles. The Bertz CT molecular complexity index is 716. The lowest BCUT2D eigenvalue weighted by molar-refractivity contribution is 0.0313. The lowest BCUT2D eigenvalue weighted by Crippen LogP contribution is -2.35. The second-order valence-electron chi connectivity index (χ2n) is 6.62. The zero-order valence-corrected chi connectivity index (χ0v) is 15.1. The third-order valence-corrected chi connectivity index (χ3v) is 4.42. The van der Waals surface area contributed by atoms with Crippen LogP contribution in [0.5, 0.6) is 0 Å². The van der Waals surface area contributed by atoms with Crippen molar-refractivity contribution in [1.82, 2.24) is 20.0 Å². The van der Waals surface area contributed by atoms with Gasteiger partial charge in [0.1, 0.15) is 12.0 Å². The van der Waals surface area contributed by atoms with Gasteiger partial charge < -0.3 is 14.5 Å². The Balaban J connectivity index is 1.52. The van der Waals surface area contributed by atoms with E-state index in [-0.39, 0.29) is 11.9 Å². The van der Waals surface area contributed by atoms with Crippen molar-refractivity contribution < 1.29 is 13.9 Å². The average molecular weight is 346 g/mol. The molecule has 1 aliphatic heterocycles. The number of furan rings is 1. The predicted molar refractivity (Wildman–Crippen MR) is 93.5 cm³/mol. The van der Waals surface area contributed by atoms with Gasteiger partial charge in [-0.15, -0.1) is 0 Å². The van der Waals surface area contributed by atoms with Crippen LogP contribution in [-0.2, 0) is 11.3 Å². The molecule has 1 N–H and O–H groups in total. The van der Waals surface area contributed by atoms with Crippen molar-refractivity contribution in [1.29, 1.82) is 0 Å². The van der Waals surface area contributed by atoms with Crippen LogP contribution in [0.25, 0.3) is 0 Å². The lowest BCUT2D eigenvalue weighted by Gasteiger charge is -2.25. The van der Waals surface area contributed by atoms with Crippen molar-refractivity contribution >= 4 is 5.91 Å². The molecular weight excluding hydrogens is 320 g/mol. The molecule has 7 nitrogen and oxygen atoms in total. The highest BCUT2D eigenvalue weighted by atomic mass is 16.5. The Kier molecular flexibility index (Phi) is 5.55. The highest BCUT2D eigenvalue weighted by molar-refractivity contribution is 5.93. The van der Waals surface area contributed by atoms with Crippen molar-refractivity contribution in [3.05, 3.63) is 41.1 Å². The van der Waals surface area contributed by atoms with Crippen LogP contribution in [0.1, 0.15) is 40.5 Å². The van der Waals surface area contributed by atoms with E-state index in [1.165, 1.54) is 6.26 Å². The summed E-state index contributed by atoms with van der Waals surface area (Å²) in [7, 11) is 0. The Morgan fingerprint density at radius 2 is 2.08 bits per heavy atom. The molecule has 2 aromatic rings. The van der Waals surface area contributed by atoms with Gasteiger partial charge in [-0.2, -0.15) is 5.10 Å². The molecule has 1 fully saturated rings. The Labute approximate surface area is 147 Å². The van der Waals surface area contributed by atoms with Crippen LogP contribution < -0.4 is 5.32 Å². The molecule has 25 heavy (non-hydrogen) atoms. The summed E-state index contributed by atoms with van der Waals surface area (Å²) in [6, 6.07) is 3.95. The molecule has 7 heteroatoms. The van der Waals surface area contributed by atoms with Crippen LogP contribution in [0.3, 0.4) is 0 Å². The second-order valence-corrected chi connectivity index (χ2v) is 6.62. The minimum Gasteiger partial charge on any atom is -0.467 e. The van der Waals surface area contributed by atoms with Gasteiger partial charge in [0, 0.05) is 25.3 Å². The van der Waals surface area contributed by atoms with Crippen LogP contribution in [0.4, 0.5) is 0 Å². The highest BCUT2D eigenvalue weighted by Gasteiger charge is 2.16. The number of amides is 1. The van der Waals surface area contributed by atoms with Crippen LogP contribution in [0.15, 0.2) is 22.8 Å². The van der Waals surface area contributed by atoms with E-state index in [0.717, 1.165) is 43.5 Å². The van der Waals surface area contributed by atoms with Gasteiger partial charge in [-0.3, -0.25) is 14.4 Å². The molecule has 3 rings (SSSR count). The highest BCUT2D eigenvalue weighted by Crippen LogP contribution is 2.13. The third-order valence-electron chi connectivity index (χ3n) is 4.42. The standard InChI is InChI=1S/C18H26N4O3/c1-13-8-14(2)22(20-13)15(3)10-19-18(23)16-9-17(25-12-16)11-21-4-6-24-7-5-21/h8-9,12,15H,4-7,10-11H2,1-3H3,(H,19,23). The second kappa shape index (κ2) is 7.84. The van der Waals surface area contributed by atoms with Gasteiger partial charge in [-0.05, 0) is 32.9 Å². The van der Waals surface area contributed by atoms with Gasteiger partial charge in [0.25, 0.3) is 5.91 Å². The topological polar surface area (TPSA) is 72.5 Å². The summed E-state index contributed by atoms with van der Waals surface area (Å²) in [6.45, 7) is 10.5. The normalized spacial score (nSPS) is 16.8. The zero-order valence-electron chi connectivity index (χ0n) is 15.1. The lowest BCUT2D eigenvalue weighted by atomic mass is 10.2. The minimum atomic E-state index is -0.120. The summed E-state index contributed by atoms with van der Waals surface area (Å²) < 4.78 is 12.8. The van der Waals surface area contributed by atoms with Crippen molar-refractivity contribution in [2.45, 2.75) is 33.4 Å². The number of carbonyl (C=O) groups excluding carboxylic acids is 1. The molecule has 0 radical (unpaired) electrons. The summed E-state index contributed by atoms with van der Waals surface area (Å²) in [5, 5.41) is 7.42. The molecule has 0 aromatic carbocycles. The van der Waals surface area contributed by atoms with E-state index in [9.17, 15) is 4.79 Å². The Hall–Kier alpha value is -2.12. The third kappa shape index (κ3) is 4.49. The number of aromatic nitrogens is 2. The molecule has 136 valence electrons. The van der Waals surface area contributed by atoms with Gasteiger partial charge >= 0.3 is 0 Å². The summed E-state index contributed by atoms with van der Waals surface area (Å²) in [5.41, 5.74) is 2.64. The summed E-state index contributed by atoms with van der Waals surface area (Å²) >= 11 is 0. The van der Waals surface area contributed by atoms with Gasteiger partial charge in [-0.1, -0.05) is 0 Å². The SMILES string of the molecule is Cc1cc(C)n(C(C)CNC(=O)c2coc(CN3CCOCC3)c2)n1. The van der Waals surface area contributed by atoms with Crippen molar-refractivity contribution in [3.8, 4) is 0 Å². The van der Waals surface area contributed by atoms with Gasteiger partial charge in [0.15, 0.2) is 0 Å². The molecule has 1 atom stereocenters. The summed E-state index contributed by atoms with van der Waals surface area (Å²) in [5.74, 6) is 0.684. The van der Waals surface area contributed by atoms with Crippen molar-refractivity contribution in [3.63, 3.8) is 0 Å².